The second kappa shape index (κ2) is 7.57. The molecule has 0 aromatic heterocycles. The Morgan fingerprint density at radius 2 is 2.10 bits per heavy atom. The first kappa shape index (κ1) is 20.9. The first-order valence-corrected chi connectivity index (χ1v) is 11.6. The van der Waals surface area contributed by atoms with Crippen molar-refractivity contribution in [3.8, 4) is 5.75 Å². The fraction of sp³-hybridized carbons (Fsp3) is 0.667. The molecule has 168 valence electrons. The fourth-order valence-electron chi connectivity index (χ4n) is 6.52. The molecule has 7 nitrogen and oxygen atoms in total. The van der Waals surface area contributed by atoms with Crippen LogP contribution in [0.5, 0.6) is 5.75 Å². The van der Waals surface area contributed by atoms with E-state index in [-0.39, 0.29) is 55.9 Å². The van der Waals surface area contributed by atoms with Gasteiger partial charge in [-0.1, -0.05) is 6.07 Å². The number of aliphatic hydroxyl groups is 2. The van der Waals surface area contributed by atoms with E-state index in [2.05, 4.69) is 10.2 Å². The van der Waals surface area contributed by atoms with Crippen molar-refractivity contribution in [3.05, 3.63) is 29.3 Å². The molecule has 5 rings (SSSR count). The van der Waals surface area contributed by atoms with Gasteiger partial charge in [0.15, 0.2) is 0 Å². The predicted octanol–water partition coefficient (Wildman–Crippen LogP) is 0.879. The van der Waals surface area contributed by atoms with E-state index in [1.807, 2.05) is 6.07 Å². The van der Waals surface area contributed by atoms with E-state index >= 15 is 0 Å². The molecule has 0 unspecified atom stereocenters. The lowest BCUT2D eigenvalue weighted by atomic mass is 9.47. The molecule has 3 aliphatic carbocycles. The van der Waals surface area contributed by atoms with Gasteiger partial charge in [0.05, 0.1) is 12.2 Å². The largest absolute Gasteiger partial charge is 0.508 e. The quantitative estimate of drug-likeness (QED) is 0.536. The Bertz CT molecular complexity index is 900. The summed E-state index contributed by atoms with van der Waals surface area (Å²) >= 11 is 0. The number of nitrogens with zero attached hydrogens (tertiary/aromatic N) is 1. The molecule has 0 radical (unpaired) electrons. The number of carbonyl (C=O) groups is 2. The summed E-state index contributed by atoms with van der Waals surface area (Å²) < 4.78 is 0. The standard InChI is InChI=1S/C24H32N2O5/c27-8-6-25-22(30)10-17-12-24(31)21-9-16-3-4-18(28)11-19(16)23(24,13-20(17)29)5-7-26(21)14-15-1-2-15/h3-4,11,15,17,21,27-28,31H,1-2,5-10,12-14H2,(H,25,30)/t17-,21+,23+,24+/m0/s1. The van der Waals surface area contributed by atoms with Crippen LogP contribution in [0.25, 0.3) is 0 Å². The predicted molar refractivity (Wildman–Crippen MR) is 114 cm³/mol. The number of hydrogen-bond acceptors (Lipinski definition) is 6. The van der Waals surface area contributed by atoms with Crippen LogP contribution in [-0.4, -0.2) is 69.8 Å². The minimum Gasteiger partial charge on any atom is -0.508 e. The molecule has 4 aliphatic rings. The molecule has 1 saturated heterocycles. The Hall–Kier alpha value is -1.96. The molecule has 0 spiro atoms. The maximum atomic E-state index is 13.2. The molecule has 4 atom stereocenters. The number of rotatable bonds is 6. The molecule has 1 aromatic carbocycles. The maximum Gasteiger partial charge on any atom is 0.220 e. The van der Waals surface area contributed by atoms with Gasteiger partial charge in [-0.15, -0.1) is 0 Å². The van der Waals surface area contributed by atoms with E-state index in [4.69, 9.17) is 5.11 Å². The number of amides is 1. The number of fused-ring (bicyclic) bond motifs is 1. The van der Waals surface area contributed by atoms with Crippen LogP contribution in [0.3, 0.4) is 0 Å². The third-order valence-corrected chi connectivity index (χ3v) is 8.21. The Morgan fingerprint density at radius 1 is 1.29 bits per heavy atom. The minimum atomic E-state index is -1.11. The molecule has 1 heterocycles. The highest BCUT2D eigenvalue weighted by molar-refractivity contribution is 5.89. The zero-order valence-electron chi connectivity index (χ0n) is 17.8. The van der Waals surface area contributed by atoms with E-state index < -0.39 is 16.9 Å². The van der Waals surface area contributed by atoms with Gasteiger partial charge < -0.3 is 20.6 Å². The van der Waals surface area contributed by atoms with Gasteiger partial charge in [0.25, 0.3) is 0 Å². The molecular formula is C24H32N2O5. The van der Waals surface area contributed by atoms with Crippen molar-refractivity contribution in [2.45, 2.75) is 62.0 Å². The number of aromatic hydroxyl groups is 1. The second-order valence-corrected chi connectivity index (χ2v) is 10.1. The first-order chi connectivity index (χ1) is 14.9. The van der Waals surface area contributed by atoms with Crippen molar-refractivity contribution < 1.29 is 24.9 Å². The summed E-state index contributed by atoms with van der Waals surface area (Å²) in [6.07, 6.45) is 4.35. The molecule has 2 saturated carbocycles. The van der Waals surface area contributed by atoms with E-state index in [1.165, 1.54) is 12.8 Å². The third-order valence-electron chi connectivity index (χ3n) is 8.21. The van der Waals surface area contributed by atoms with Gasteiger partial charge in [-0.2, -0.15) is 0 Å². The molecule has 1 amide bonds. The van der Waals surface area contributed by atoms with Gasteiger partial charge in [-0.3, -0.25) is 14.5 Å². The van der Waals surface area contributed by atoms with Crippen LogP contribution < -0.4 is 5.32 Å². The fourth-order valence-corrected chi connectivity index (χ4v) is 6.52. The summed E-state index contributed by atoms with van der Waals surface area (Å²) in [5.74, 6) is 0.0733. The zero-order valence-corrected chi connectivity index (χ0v) is 17.8. The number of ketones is 1. The lowest BCUT2D eigenvalue weighted by Gasteiger charge is -2.64. The summed E-state index contributed by atoms with van der Waals surface area (Å²) in [4.78, 5) is 28.0. The summed E-state index contributed by atoms with van der Waals surface area (Å²) in [6.45, 7) is 1.84. The molecule has 3 fully saturated rings. The van der Waals surface area contributed by atoms with Crippen LogP contribution in [0, 0.1) is 11.8 Å². The Morgan fingerprint density at radius 3 is 2.84 bits per heavy atom. The number of phenols is 1. The van der Waals surface area contributed by atoms with Crippen molar-refractivity contribution in [2.75, 3.05) is 26.2 Å². The number of hydrogen-bond donors (Lipinski definition) is 4. The Balaban J connectivity index is 1.51. The van der Waals surface area contributed by atoms with Crippen LogP contribution in [0.1, 0.15) is 49.7 Å². The molecule has 2 bridgehead atoms. The van der Waals surface area contributed by atoms with Gasteiger partial charge in [0.2, 0.25) is 5.91 Å². The number of nitrogens with one attached hydrogen (secondary N) is 1. The highest BCUT2D eigenvalue weighted by atomic mass is 16.3. The summed E-state index contributed by atoms with van der Waals surface area (Å²) in [7, 11) is 0. The average Bonchev–Trinajstić information content (AvgIpc) is 3.54. The number of benzene rings is 1. The van der Waals surface area contributed by atoms with Crippen molar-refractivity contribution in [3.63, 3.8) is 0 Å². The lowest BCUT2D eigenvalue weighted by Crippen LogP contribution is -2.74. The molecule has 4 N–H and O–H groups in total. The molecule has 31 heavy (non-hydrogen) atoms. The smallest absolute Gasteiger partial charge is 0.220 e. The molecule has 1 aliphatic heterocycles. The number of phenolic OH excluding ortho intramolecular Hbond substituents is 1. The first-order valence-electron chi connectivity index (χ1n) is 11.6. The topological polar surface area (TPSA) is 110 Å². The van der Waals surface area contributed by atoms with Gasteiger partial charge in [-0.05, 0) is 67.8 Å². The maximum absolute atomic E-state index is 13.2. The van der Waals surface area contributed by atoms with E-state index in [1.54, 1.807) is 12.1 Å². The number of Topliss-reactive ketones (excluding diaryl/α,β-unsaturated/α-hetero) is 1. The van der Waals surface area contributed by atoms with E-state index in [0.29, 0.717) is 18.8 Å². The normalized spacial score (nSPS) is 34.7. The van der Waals surface area contributed by atoms with Crippen molar-refractivity contribution in [2.24, 2.45) is 11.8 Å². The number of piperidine rings is 1. The Labute approximate surface area is 182 Å². The monoisotopic (exact) mass is 428 g/mol. The van der Waals surface area contributed by atoms with Crippen molar-refractivity contribution in [1.29, 1.82) is 0 Å². The van der Waals surface area contributed by atoms with Gasteiger partial charge in [0, 0.05) is 43.3 Å². The van der Waals surface area contributed by atoms with Crippen molar-refractivity contribution in [1.82, 2.24) is 10.2 Å². The van der Waals surface area contributed by atoms with Crippen LogP contribution in [0.2, 0.25) is 0 Å². The van der Waals surface area contributed by atoms with Gasteiger partial charge in [-0.25, -0.2) is 0 Å². The van der Waals surface area contributed by atoms with Crippen LogP contribution in [0.15, 0.2) is 18.2 Å². The van der Waals surface area contributed by atoms with Gasteiger partial charge in [0.1, 0.15) is 11.5 Å². The van der Waals surface area contributed by atoms with E-state index in [0.717, 1.165) is 24.2 Å². The minimum absolute atomic E-state index is 0.00871. The van der Waals surface area contributed by atoms with Crippen molar-refractivity contribution >= 4 is 11.7 Å². The Kier molecular flexibility index (Phi) is 5.11. The summed E-state index contributed by atoms with van der Waals surface area (Å²) in [5.41, 5.74) is 0.199. The molecule has 7 heteroatoms. The number of carbonyl (C=O) groups excluding carboxylic acids is 2. The second-order valence-electron chi connectivity index (χ2n) is 10.1. The van der Waals surface area contributed by atoms with Crippen LogP contribution >= 0.6 is 0 Å². The third kappa shape index (κ3) is 3.38. The zero-order chi connectivity index (χ0) is 21.8. The van der Waals surface area contributed by atoms with Crippen LogP contribution in [0.4, 0.5) is 0 Å². The van der Waals surface area contributed by atoms with Gasteiger partial charge >= 0.3 is 0 Å². The van der Waals surface area contributed by atoms with Crippen LogP contribution in [-0.2, 0) is 21.4 Å². The highest BCUT2D eigenvalue weighted by Crippen LogP contribution is 2.59. The molecular weight excluding hydrogens is 396 g/mol. The summed E-state index contributed by atoms with van der Waals surface area (Å²) in [5, 5.41) is 34.1. The lowest BCUT2D eigenvalue weighted by molar-refractivity contribution is -0.182. The number of aliphatic hydroxyl groups excluding tert-OH is 1. The number of likely N-dealkylation sites (tertiary alicyclic amines) is 1. The average molecular weight is 429 g/mol. The van der Waals surface area contributed by atoms with E-state index in [9.17, 15) is 19.8 Å². The molecule has 1 aromatic rings. The summed E-state index contributed by atoms with van der Waals surface area (Å²) in [6, 6.07) is 5.29. The SMILES string of the molecule is O=C(C[C@H]1C[C@@]2(O)[C@H]3Cc4ccc(O)cc4[C@@]2(CCN3CC2CC2)CC1=O)NCCO. The highest BCUT2D eigenvalue weighted by Gasteiger charge is 2.66.